The minimum atomic E-state index is -0.954. The lowest BCUT2D eigenvalue weighted by Crippen LogP contribution is -2.45. The lowest BCUT2D eigenvalue weighted by molar-refractivity contribution is -0.144. The van der Waals surface area contributed by atoms with Crippen LogP contribution in [0.3, 0.4) is 0 Å². The Morgan fingerprint density at radius 3 is 2.90 bits per heavy atom. The van der Waals surface area contributed by atoms with Crippen molar-refractivity contribution in [1.82, 2.24) is 4.90 Å². The predicted molar refractivity (Wildman–Crippen MR) is 78.1 cm³/mol. The highest BCUT2D eigenvalue weighted by Crippen LogP contribution is 2.20. The van der Waals surface area contributed by atoms with Crippen LogP contribution in [0.1, 0.15) is 0 Å². The van der Waals surface area contributed by atoms with E-state index in [1.54, 1.807) is 25.2 Å². The lowest BCUT2D eigenvalue weighted by atomic mass is 10.0. The Labute approximate surface area is 130 Å². The largest absolute Gasteiger partial charge is 0.484 e. The van der Waals surface area contributed by atoms with Gasteiger partial charge in [-0.2, -0.15) is 0 Å². The number of carboxylic acids is 1. The molecule has 1 N–H and O–H groups in total. The molecule has 1 heterocycles. The second-order valence-electron chi connectivity index (χ2n) is 4.80. The van der Waals surface area contributed by atoms with E-state index in [4.69, 9.17) is 14.6 Å². The minimum absolute atomic E-state index is 0.129. The van der Waals surface area contributed by atoms with E-state index in [9.17, 15) is 9.59 Å². The average molecular weight is 358 g/mol. The van der Waals surface area contributed by atoms with Crippen LogP contribution >= 0.6 is 15.9 Å². The van der Waals surface area contributed by atoms with Crippen LogP contribution in [0.25, 0.3) is 0 Å². The Morgan fingerprint density at radius 2 is 2.24 bits per heavy atom. The van der Waals surface area contributed by atoms with Crippen LogP contribution < -0.4 is 4.74 Å². The van der Waals surface area contributed by atoms with E-state index in [0.29, 0.717) is 5.75 Å². The number of hydrogen-bond donors (Lipinski definition) is 1. The molecule has 0 bridgehead atoms. The normalized spacial score (nSPS) is 21.0. The Morgan fingerprint density at radius 1 is 1.48 bits per heavy atom. The summed E-state index contributed by atoms with van der Waals surface area (Å²) in [5.74, 6) is -1.35. The monoisotopic (exact) mass is 357 g/mol. The summed E-state index contributed by atoms with van der Waals surface area (Å²) < 4.78 is 11.4. The van der Waals surface area contributed by atoms with Crippen molar-refractivity contribution >= 4 is 27.8 Å². The first-order valence-corrected chi connectivity index (χ1v) is 7.23. The average Bonchev–Trinajstić information content (AvgIpc) is 2.93. The molecule has 0 aliphatic carbocycles. The summed E-state index contributed by atoms with van der Waals surface area (Å²) in [6, 6.07) is 6.71. The highest BCUT2D eigenvalue weighted by molar-refractivity contribution is 9.10. The third-order valence-corrected chi connectivity index (χ3v) is 3.91. The number of rotatable bonds is 5. The first-order valence-electron chi connectivity index (χ1n) is 6.43. The predicted octanol–water partition coefficient (Wildman–Crippen LogP) is 1.39. The van der Waals surface area contributed by atoms with Gasteiger partial charge in [-0.15, -0.1) is 0 Å². The fourth-order valence-electron chi connectivity index (χ4n) is 2.15. The molecular formula is C14H16BrNO5. The van der Waals surface area contributed by atoms with Gasteiger partial charge < -0.3 is 19.5 Å². The van der Waals surface area contributed by atoms with Crippen molar-refractivity contribution < 1.29 is 24.2 Å². The maximum atomic E-state index is 12.1. The number of carbonyl (C=O) groups excluding carboxylic acids is 1. The molecule has 0 spiro atoms. The zero-order valence-electron chi connectivity index (χ0n) is 11.5. The standard InChI is InChI=1S/C14H16BrNO5/c1-16(12-7-20-6-11(12)14(18)19)13(17)8-21-10-4-2-3-9(15)5-10/h2-5,11-12H,6-8H2,1H3,(H,18,19). The summed E-state index contributed by atoms with van der Waals surface area (Å²) >= 11 is 3.32. The van der Waals surface area contributed by atoms with Crippen molar-refractivity contribution in [1.29, 1.82) is 0 Å². The van der Waals surface area contributed by atoms with Gasteiger partial charge in [-0.3, -0.25) is 9.59 Å². The van der Waals surface area contributed by atoms with E-state index in [2.05, 4.69) is 15.9 Å². The van der Waals surface area contributed by atoms with Crippen LogP contribution in [0.2, 0.25) is 0 Å². The molecule has 1 aliphatic rings. The van der Waals surface area contributed by atoms with Gasteiger partial charge in [-0.05, 0) is 18.2 Å². The topological polar surface area (TPSA) is 76.1 Å². The molecule has 1 aliphatic heterocycles. The molecule has 2 atom stereocenters. The molecule has 21 heavy (non-hydrogen) atoms. The van der Waals surface area contributed by atoms with Crippen molar-refractivity contribution in [2.24, 2.45) is 5.92 Å². The fourth-order valence-corrected chi connectivity index (χ4v) is 2.53. The van der Waals surface area contributed by atoms with Crippen molar-refractivity contribution in [3.63, 3.8) is 0 Å². The van der Waals surface area contributed by atoms with E-state index >= 15 is 0 Å². The second kappa shape index (κ2) is 6.91. The van der Waals surface area contributed by atoms with Gasteiger partial charge in [0, 0.05) is 11.5 Å². The fraction of sp³-hybridized carbons (Fsp3) is 0.429. The number of carboxylic acid groups (broad SMARTS) is 1. The van der Waals surface area contributed by atoms with Crippen LogP contribution in [-0.4, -0.2) is 54.8 Å². The van der Waals surface area contributed by atoms with Gasteiger partial charge in [0.2, 0.25) is 0 Å². The van der Waals surface area contributed by atoms with E-state index < -0.39 is 17.9 Å². The van der Waals surface area contributed by atoms with Gasteiger partial charge in [0.15, 0.2) is 6.61 Å². The summed E-state index contributed by atoms with van der Waals surface area (Å²) in [5, 5.41) is 9.10. The molecular weight excluding hydrogens is 342 g/mol. The molecule has 1 aromatic rings. The van der Waals surface area contributed by atoms with Gasteiger partial charge in [-0.1, -0.05) is 22.0 Å². The maximum absolute atomic E-state index is 12.1. The number of halogens is 1. The highest BCUT2D eigenvalue weighted by Gasteiger charge is 2.38. The highest BCUT2D eigenvalue weighted by atomic mass is 79.9. The molecule has 7 heteroatoms. The molecule has 2 unspecified atom stereocenters. The smallest absolute Gasteiger partial charge is 0.311 e. The van der Waals surface area contributed by atoms with Gasteiger partial charge in [0.25, 0.3) is 5.91 Å². The summed E-state index contributed by atoms with van der Waals surface area (Å²) in [4.78, 5) is 24.6. The van der Waals surface area contributed by atoms with E-state index in [0.717, 1.165) is 4.47 Å². The van der Waals surface area contributed by atoms with Crippen LogP contribution in [0.4, 0.5) is 0 Å². The summed E-state index contributed by atoms with van der Waals surface area (Å²) in [6.07, 6.45) is 0. The third-order valence-electron chi connectivity index (χ3n) is 3.42. The van der Waals surface area contributed by atoms with Crippen molar-refractivity contribution in [2.75, 3.05) is 26.9 Å². The number of ether oxygens (including phenoxy) is 2. The first-order chi connectivity index (χ1) is 9.99. The molecule has 1 amide bonds. The first kappa shape index (κ1) is 15.8. The number of likely N-dealkylation sites (N-methyl/N-ethyl adjacent to an activating group) is 1. The summed E-state index contributed by atoms with van der Waals surface area (Å²) in [6.45, 7) is 0.218. The molecule has 1 saturated heterocycles. The van der Waals surface area contributed by atoms with Crippen LogP contribution in [-0.2, 0) is 14.3 Å². The Balaban J connectivity index is 1.92. The Kier molecular flexibility index (Phi) is 5.19. The van der Waals surface area contributed by atoms with Crippen LogP contribution in [0.5, 0.6) is 5.75 Å². The molecule has 114 valence electrons. The zero-order chi connectivity index (χ0) is 15.4. The molecule has 6 nitrogen and oxygen atoms in total. The van der Waals surface area contributed by atoms with Gasteiger partial charge in [0.05, 0.1) is 19.3 Å². The van der Waals surface area contributed by atoms with Crippen molar-refractivity contribution in [2.45, 2.75) is 6.04 Å². The third kappa shape index (κ3) is 3.95. The number of benzene rings is 1. The molecule has 0 saturated carbocycles. The molecule has 0 radical (unpaired) electrons. The number of hydrogen-bond acceptors (Lipinski definition) is 4. The van der Waals surface area contributed by atoms with Gasteiger partial charge in [-0.25, -0.2) is 0 Å². The number of carbonyl (C=O) groups is 2. The number of amides is 1. The van der Waals surface area contributed by atoms with Crippen molar-refractivity contribution in [3.8, 4) is 5.75 Å². The number of aliphatic carboxylic acids is 1. The maximum Gasteiger partial charge on any atom is 0.311 e. The van der Waals surface area contributed by atoms with Gasteiger partial charge in [0.1, 0.15) is 11.7 Å². The van der Waals surface area contributed by atoms with E-state index in [-0.39, 0.29) is 25.7 Å². The molecule has 0 aromatic heterocycles. The van der Waals surface area contributed by atoms with E-state index in [1.165, 1.54) is 4.90 Å². The lowest BCUT2D eigenvalue weighted by Gasteiger charge is -2.26. The Bertz CT molecular complexity index is 536. The summed E-state index contributed by atoms with van der Waals surface area (Å²) in [7, 11) is 1.57. The second-order valence-corrected chi connectivity index (χ2v) is 5.72. The SMILES string of the molecule is CN(C(=O)COc1cccc(Br)c1)C1COCC1C(=O)O. The van der Waals surface area contributed by atoms with Gasteiger partial charge >= 0.3 is 5.97 Å². The Hall–Kier alpha value is -1.60. The molecule has 2 rings (SSSR count). The summed E-state index contributed by atoms with van der Waals surface area (Å²) in [5.41, 5.74) is 0. The van der Waals surface area contributed by atoms with Crippen molar-refractivity contribution in [3.05, 3.63) is 28.7 Å². The van der Waals surface area contributed by atoms with Crippen LogP contribution in [0.15, 0.2) is 28.7 Å². The number of nitrogens with zero attached hydrogens (tertiary/aromatic N) is 1. The zero-order valence-corrected chi connectivity index (χ0v) is 13.1. The molecule has 1 fully saturated rings. The van der Waals surface area contributed by atoms with E-state index in [1.807, 2.05) is 6.07 Å². The quantitative estimate of drug-likeness (QED) is 0.861. The van der Waals surface area contributed by atoms with Crippen LogP contribution in [0, 0.1) is 5.92 Å². The molecule has 1 aromatic carbocycles. The minimum Gasteiger partial charge on any atom is -0.484 e.